The molecule has 3 aliphatic rings. The molecule has 3 aliphatic heterocycles. The number of aryl methyl sites for hydroxylation is 1. The Morgan fingerprint density at radius 1 is 0.500 bits per heavy atom. The topological polar surface area (TPSA) is 19.6 Å². The van der Waals surface area contributed by atoms with Crippen molar-refractivity contribution in [3.63, 3.8) is 0 Å². The van der Waals surface area contributed by atoms with Gasteiger partial charge in [0, 0.05) is 45.2 Å². The molecule has 3 nitrogen and oxygen atoms in total. The average molecular weight is 689 g/mol. The third kappa shape index (κ3) is 3.77. The second-order valence-corrected chi connectivity index (χ2v) is 14.9. The van der Waals surface area contributed by atoms with Crippen molar-refractivity contribution >= 4 is 68.1 Å². The third-order valence-corrected chi connectivity index (χ3v) is 12.1. The normalized spacial score (nSPS) is 14.4. The molecular weight excluding hydrogens is 655 g/mol. The minimum atomic E-state index is -0.546. The van der Waals surface area contributed by atoms with Gasteiger partial charge in [-0.2, -0.15) is 0 Å². The minimum Gasteiger partial charge on any atom is -0.456 e. The van der Waals surface area contributed by atoms with Gasteiger partial charge in [-0.3, -0.25) is 0 Å². The molecule has 9 aromatic rings. The number of para-hydroxylation sites is 4. The van der Waals surface area contributed by atoms with Crippen molar-refractivity contribution < 1.29 is 4.42 Å². The zero-order chi connectivity index (χ0) is 35.5. The van der Waals surface area contributed by atoms with Crippen LogP contribution in [0, 0.1) is 6.92 Å². The molecule has 0 bridgehead atoms. The fraction of sp³-hybridized carbons (Fsp3) is 0.0400. The summed E-state index contributed by atoms with van der Waals surface area (Å²) in [6.45, 7) is 2.16. The Morgan fingerprint density at radius 2 is 1.17 bits per heavy atom. The van der Waals surface area contributed by atoms with E-state index in [-0.39, 0.29) is 6.85 Å². The summed E-state index contributed by atoms with van der Waals surface area (Å²) in [7, 11) is 0. The van der Waals surface area contributed by atoms with E-state index >= 15 is 0 Å². The van der Waals surface area contributed by atoms with Gasteiger partial charge in [0.2, 0.25) is 0 Å². The van der Waals surface area contributed by atoms with Crippen LogP contribution in [0.3, 0.4) is 0 Å². The predicted molar refractivity (Wildman–Crippen MR) is 224 cm³/mol. The number of hydrogen-bond acceptors (Lipinski definition) is 3. The van der Waals surface area contributed by atoms with Crippen LogP contribution in [0.5, 0.6) is 0 Å². The van der Waals surface area contributed by atoms with Gasteiger partial charge in [-0.05, 0) is 87.6 Å². The third-order valence-electron chi connectivity index (χ3n) is 12.1. The van der Waals surface area contributed by atoms with Crippen LogP contribution in [0.4, 0.5) is 28.4 Å². The van der Waals surface area contributed by atoms with E-state index in [1.54, 1.807) is 0 Å². The molecule has 8 aromatic carbocycles. The molecule has 0 atom stereocenters. The number of furan rings is 1. The van der Waals surface area contributed by atoms with Gasteiger partial charge in [0.1, 0.15) is 11.2 Å². The highest BCUT2D eigenvalue weighted by atomic mass is 16.3. The molecule has 0 radical (unpaired) electrons. The highest BCUT2D eigenvalue weighted by Gasteiger charge is 2.52. The van der Waals surface area contributed by atoms with E-state index in [9.17, 15) is 0 Å². The quantitative estimate of drug-likeness (QED) is 0.172. The van der Waals surface area contributed by atoms with Gasteiger partial charge in [0.15, 0.2) is 0 Å². The monoisotopic (exact) mass is 688 g/mol. The van der Waals surface area contributed by atoms with Crippen LogP contribution >= 0.6 is 0 Å². The second kappa shape index (κ2) is 10.9. The van der Waals surface area contributed by atoms with Crippen molar-refractivity contribution in [2.24, 2.45) is 0 Å². The maximum absolute atomic E-state index is 6.58. The molecular formula is C50H33BN2O. The summed E-state index contributed by atoms with van der Waals surface area (Å²) in [5.41, 5.74) is 18.7. The summed E-state index contributed by atoms with van der Waals surface area (Å²) in [4.78, 5) is 5.16. The molecule has 0 N–H and O–H groups in total. The van der Waals surface area contributed by atoms with E-state index in [1.807, 2.05) is 0 Å². The molecule has 0 aliphatic carbocycles. The number of rotatable bonds is 3. The smallest absolute Gasteiger partial charge is 0.333 e. The number of hydrogen-bond donors (Lipinski definition) is 0. The molecule has 252 valence electrons. The lowest BCUT2D eigenvalue weighted by atomic mass is 9.42. The first-order chi connectivity index (χ1) is 26.7. The second-order valence-electron chi connectivity index (χ2n) is 14.9. The zero-order valence-electron chi connectivity index (χ0n) is 29.7. The number of fused-ring (bicyclic) bond motifs is 9. The first kappa shape index (κ1) is 29.8. The van der Waals surface area contributed by atoms with Gasteiger partial charge in [-0.25, -0.2) is 0 Å². The summed E-state index contributed by atoms with van der Waals surface area (Å²) in [5, 5.41) is 2.28. The first-order valence-electron chi connectivity index (χ1n) is 18.8. The average Bonchev–Trinajstić information content (AvgIpc) is 3.59. The maximum Gasteiger partial charge on any atom is 0.333 e. The van der Waals surface area contributed by atoms with Gasteiger partial charge in [-0.15, -0.1) is 0 Å². The zero-order valence-corrected chi connectivity index (χ0v) is 29.7. The molecule has 0 spiro atoms. The highest BCUT2D eigenvalue weighted by molar-refractivity contribution is 6.93. The van der Waals surface area contributed by atoms with Crippen molar-refractivity contribution in [1.82, 2.24) is 0 Å². The summed E-state index contributed by atoms with van der Waals surface area (Å²) in [6.07, 6.45) is 0. The first-order valence-corrected chi connectivity index (χ1v) is 18.8. The Morgan fingerprint density at radius 3 is 1.94 bits per heavy atom. The van der Waals surface area contributed by atoms with Crippen LogP contribution in [-0.2, 0) is 5.41 Å². The van der Waals surface area contributed by atoms with Crippen molar-refractivity contribution in [1.29, 1.82) is 0 Å². The predicted octanol–water partition coefficient (Wildman–Crippen LogP) is 11.3. The van der Waals surface area contributed by atoms with Crippen LogP contribution < -0.4 is 20.6 Å². The van der Waals surface area contributed by atoms with Gasteiger partial charge >= 0.3 is 6.85 Å². The van der Waals surface area contributed by atoms with E-state index in [0.29, 0.717) is 0 Å². The fourth-order valence-electron chi connectivity index (χ4n) is 10.1. The van der Waals surface area contributed by atoms with E-state index in [1.165, 1.54) is 66.9 Å². The lowest BCUT2D eigenvalue weighted by Crippen LogP contribution is -2.62. The van der Waals surface area contributed by atoms with Crippen LogP contribution in [0.25, 0.3) is 33.1 Å². The molecule has 4 heterocycles. The van der Waals surface area contributed by atoms with Gasteiger partial charge in [-0.1, -0.05) is 140 Å². The molecule has 4 heteroatoms. The molecule has 0 amide bonds. The maximum atomic E-state index is 6.58. The molecule has 12 rings (SSSR count). The molecule has 0 fully saturated rings. The Kier molecular flexibility index (Phi) is 6.00. The standard InChI is InChI=1S/C50H33BN2O/c1-32-28-39-37-30-38-36-22-11-14-27-46(36)54-47(38)31-44(37)53(35-20-9-4-10-21-35)51-42-25-15-24-41-49(42)52(45(29-32)48(39)51)43-26-13-12-23-40(43)50(41,33-16-5-2-6-17-33)34-18-7-3-8-19-34/h2-31H,1H3. The van der Waals surface area contributed by atoms with Crippen molar-refractivity contribution in [2.75, 3.05) is 9.71 Å². The number of anilines is 5. The molecule has 54 heavy (non-hydrogen) atoms. The van der Waals surface area contributed by atoms with Crippen LogP contribution in [0.2, 0.25) is 0 Å². The van der Waals surface area contributed by atoms with Crippen LogP contribution in [0.1, 0.15) is 27.8 Å². The SMILES string of the molecule is Cc1cc2c3c(c1)N1c4ccccc4C(c4ccccc4)(c4ccccc4)c4cccc(c41)B3N(c1ccccc1)c1cc3oc4ccccc4c3cc1-2. The molecule has 0 saturated heterocycles. The summed E-state index contributed by atoms with van der Waals surface area (Å²) < 4.78 is 6.58. The van der Waals surface area contributed by atoms with Gasteiger partial charge in [0.25, 0.3) is 0 Å². The molecule has 1 aromatic heterocycles. The van der Waals surface area contributed by atoms with Gasteiger partial charge < -0.3 is 14.1 Å². The van der Waals surface area contributed by atoms with E-state index in [0.717, 1.165) is 33.3 Å². The lowest BCUT2D eigenvalue weighted by molar-refractivity contribution is 0.669. The van der Waals surface area contributed by atoms with Gasteiger partial charge in [0.05, 0.1) is 11.1 Å². The Balaban J connectivity index is 1.25. The van der Waals surface area contributed by atoms with E-state index in [2.05, 4.69) is 199 Å². The summed E-state index contributed by atoms with van der Waals surface area (Å²) in [5.74, 6) is 0. The summed E-state index contributed by atoms with van der Waals surface area (Å²) >= 11 is 0. The Labute approximate surface area is 314 Å². The van der Waals surface area contributed by atoms with Crippen molar-refractivity contribution in [3.05, 3.63) is 210 Å². The van der Waals surface area contributed by atoms with Crippen molar-refractivity contribution in [2.45, 2.75) is 12.3 Å². The minimum absolute atomic E-state index is 0.0898. The number of benzene rings is 8. The van der Waals surface area contributed by atoms with E-state index < -0.39 is 5.41 Å². The van der Waals surface area contributed by atoms with Crippen LogP contribution in [-0.4, -0.2) is 6.85 Å². The highest BCUT2D eigenvalue weighted by Crippen LogP contribution is 2.59. The fourth-order valence-corrected chi connectivity index (χ4v) is 10.1. The van der Waals surface area contributed by atoms with Crippen LogP contribution in [0.15, 0.2) is 186 Å². The van der Waals surface area contributed by atoms with E-state index in [4.69, 9.17) is 4.42 Å². The van der Waals surface area contributed by atoms with Crippen molar-refractivity contribution in [3.8, 4) is 11.1 Å². The largest absolute Gasteiger partial charge is 0.456 e. The number of nitrogens with zero attached hydrogens (tertiary/aromatic N) is 2. The molecule has 0 unspecified atom stereocenters. The lowest BCUT2D eigenvalue weighted by Gasteiger charge is -2.52. The Hall–Kier alpha value is -6.78. The summed E-state index contributed by atoms with van der Waals surface area (Å²) in [6, 6.07) is 67.2. The molecule has 0 saturated carbocycles. The Bertz CT molecular complexity index is 2930.